The monoisotopic (exact) mass is 226 g/mol. The molecule has 1 aliphatic carbocycles. The molecule has 1 amide bonds. The van der Waals surface area contributed by atoms with Crippen molar-refractivity contribution in [3.05, 3.63) is 0 Å². The zero-order valence-electron chi connectivity index (χ0n) is 9.33. The maximum absolute atomic E-state index is 11.7. The molecule has 2 atom stereocenters. The van der Waals surface area contributed by atoms with Crippen molar-refractivity contribution < 1.29 is 19.6 Å². The van der Waals surface area contributed by atoms with Gasteiger partial charge in [-0.15, -0.1) is 0 Å². The third-order valence-corrected chi connectivity index (χ3v) is 3.73. The van der Waals surface area contributed by atoms with Crippen molar-refractivity contribution in [2.45, 2.75) is 44.2 Å². The summed E-state index contributed by atoms with van der Waals surface area (Å²) in [6.07, 6.45) is 4.48. The third-order valence-electron chi connectivity index (χ3n) is 3.73. The number of carbonyl (C=O) groups excluding carboxylic acids is 2. The highest BCUT2D eigenvalue weighted by atomic mass is 16.4. The molecule has 5 heteroatoms. The van der Waals surface area contributed by atoms with Crippen LogP contribution in [0.2, 0.25) is 0 Å². The second-order valence-corrected chi connectivity index (χ2v) is 4.73. The van der Waals surface area contributed by atoms with Crippen LogP contribution in [0.25, 0.3) is 0 Å². The molecular formula is C11H18N2O3. The first-order valence-corrected chi connectivity index (χ1v) is 6.01. The van der Waals surface area contributed by atoms with Crippen LogP contribution in [0.3, 0.4) is 0 Å². The Balaban J connectivity index is 2.06. The van der Waals surface area contributed by atoms with Crippen molar-refractivity contribution in [2.75, 3.05) is 13.1 Å². The van der Waals surface area contributed by atoms with Crippen LogP contribution in [-0.4, -0.2) is 37.0 Å². The highest BCUT2D eigenvalue weighted by Gasteiger charge is 2.39. The lowest BCUT2D eigenvalue weighted by Crippen LogP contribution is -3.22. The average molecular weight is 226 g/mol. The van der Waals surface area contributed by atoms with Crippen molar-refractivity contribution in [3.63, 3.8) is 0 Å². The van der Waals surface area contributed by atoms with Gasteiger partial charge in [0, 0.05) is 12.4 Å². The Labute approximate surface area is 94.8 Å². The number of hydrogen-bond donors (Lipinski definition) is 2. The zero-order valence-corrected chi connectivity index (χ0v) is 9.33. The van der Waals surface area contributed by atoms with Gasteiger partial charge in [-0.3, -0.25) is 4.79 Å². The van der Waals surface area contributed by atoms with Gasteiger partial charge in [0.1, 0.15) is 0 Å². The summed E-state index contributed by atoms with van der Waals surface area (Å²) in [5, 5.41) is 13.4. The third kappa shape index (κ3) is 2.35. The first-order valence-electron chi connectivity index (χ1n) is 6.01. The predicted molar refractivity (Wildman–Crippen MR) is 54.5 cm³/mol. The van der Waals surface area contributed by atoms with Crippen molar-refractivity contribution in [2.24, 2.45) is 0 Å². The number of carbonyl (C=O) groups is 2. The Bertz CT molecular complexity index is 287. The Morgan fingerprint density at radius 3 is 2.75 bits per heavy atom. The number of nitrogens with one attached hydrogen (secondary N) is 2. The molecule has 0 aromatic carbocycles. The molecule has 1 aliphatic heterocycles. The largest absolute Gasteiger partial charge is 0.550 e. The molecule has 0 aromatic rings. The summed E-state index contributed by atoms with van der Waals surface area (Å²) in [4.78, 5) is 23.5. The molecule has 1 unspecified atom stereocenters. The normalized spacial score (nSPS) is 31.4. The van der Waals surface area contributed by atoms with Gasteiger partial charge in [0.25, 0.3) is 5.91 Å². The summed E-state index contributed by atoms with van der Waals surface area (Å²) >= 11 is 0. The van der Waals surface area contributed by atoms with Crippen molar-refractivity contribution in [1.29, 1.82) is 0 Å². The molecule has 2 N–H and O–H groups in total. The first-order chi connectivity index (χ1) is 7.68. The maximum atomic E-state index is 11.7. The number of rotatable bonds is 3. The number of piperazine rings is 1. The molecule has 1 saturated heterocycles. The van der Waals surface area contributed by atoms with Crippen LogP contribution in [-0.2, 0) is 9.59 Å². The van der Waals surface area contributed by atoms with Gasteiger partial charge in [-0.1, -0.05) is 0 Å². The van der Waals surface area contributed by atoms with Crippen LogP contribution in [0, 0.1) is 0 Å². The van der Waals surface area contributed by atoms with Crippen molar-refractivity contribution in [1.82, 2.24) is 5.32 Å². The number of hydrogen-bond acceptors (Lipinski definition) is 3. The molecule has 0 radical (unpaired) electrons. The summed E-state index contributed by atoms with van der Waals surface area (Å²) in [5.74, 6) is -1.25. The lowest BCUT2D eigenvalue weighted by Gasteiger charge is -2.36. The Kier molecular flexibility index (Phi) is 3.43. The van der Waals surface area contributed by atoms with E-state index in [4.69, 9.17) is 0 Å². The molecule has 1 saturated carbocycles. The lowest BCUT2D eigenvalue weighted by atomic mass is 10.0. The van der Waals surface area contributed by atoms with Gasteiger partial charge in [-0.05, 0) is 25.7 Å². The minimum atomic E-state index is -1.13. The highest BCUT2D eigenvalue weighted by Crippen LogP contribution is 2.16. The molecule has 1 heterocycles. The van der Waals surface area contributed by atoms with E-state index in [9.17, 15) is 14.7 Å². The van der Waals surface area contributed by atoms with E-state index in [1.54, 1.807) is 0 Å². The van der Waals surface area contributed by atoms with Gasteiger partial charge >= 0.3 is 0 Å². The minimum absolute atomic E-state index is 0.127. The molecule has 90 valence electrons. The maximum Gasteiger partial charge on any atom is 0.278 e. The van der Waals surface area contributed by atoms with Gasteiger partial charge in [0.2, 0.25) is 0 Å². The van der Waals surface area contributed by atoms with E-state index in [-0.39, 0.29) is 12.3 Å². The van der Waals surface area contributed by atoms with Gasteiger partial charge in [0.15, 0.2) is 6.04 Å². The number of aliphatic carboxylic acids is 1. The van der Waals surface area contributed by atoms with Crippen LogP contribution in [0.15, 0.2) is 0 Å². The molecule has 0 spiro atoms. The minimum Gasteiger partial charge on any atom is -0.550 e. The molecule has 5 nitrogen and oxygen atoms in total. The second-order valence-electron chi connectivity index (χ2n) is 4.73. The highest BCUT2D eigenvalue weighted by molar-refractivity contribution is 5.84. The Morgan fingerprint density at radius 2 is 2.12 bits per heavy atom. The van der Waals surface area contributed by atoms with E-state index in [0.29, 0.717) is 12.6 Å². The van der Waals surface area contributed by atoms with Gasteiger partial charge < -0.3 is 20.1 Å². The van der Waals surface area contributed by atoms with Crippen molar-refractivity contribution in [3.8, 4) is 0 Å². The Hall–Kier alpha value is -1.10. The zero-order chi connectivity index (χ0) is 11.5. The molecule has 2 aliphatic rings. The van der Waals surface area contributed by atoms with E-state index in [1.165, 1.54) is 12.8 Å². The fourth-order valence-electron chi connectivity index (χ4n) is 2.97. The quantitative estimate of drug-likeness (QED) is 0.556. The SMILES string of the molecule is O=C([O-])C[C@H]1C(=O)NCC[NH+]1C1CCCC1. The average Bonchev–Trinajstić information content (AvgIpc) is 2.73. The van der Waals surface area contributed by atoms with Crippen LogP contribution >= 0.6 is 0 Å². The van der Waals surface area contributed by atoms with Crippen LogP contribution in [0.4, 0.5) is 0 Å². The smallest absolute Gasteiger partial charge is 0.278 e. The summed E-state index contributed by atoms with van der Waals surface area (Å²) in [6, 6.07) is 0.0252. The fourth-order valence-corrected chi connectivity index (χ4v) is 2.97. The fraction of sp³-hybridized carbons (Fsp3) is 0.818. The standard InChI is InChI=1S/C11H18N2O3/c14-10(15)7-9-11(16)12-5-6-13(9)8-3-1-2-4-8/h8-9H,1-7H2,(H,12,16)(H,14,15)/t9-/m0/s1. The Morgan fingerprint density at radius 1 is 1.44 bits per heavy atom. The van der Waals surface area contributed by atoms with Gasteiger partial charge in [-0.25, -0.2) is 0 Å². The topological polar surface area (TPSA) is 73.7 Å². The number of quaternary nitrogens is 1. The van der Waals surface area contributed by atoms with Gasteiger partial charge in [-0.2, -0.15) is 0 Å². The predicted octanol–water partition coefficient (Wildman–Crippen LogP) is -2.55. The molecule has 16 heavy (non-hydrogen) atoms. The number of carboxylic acids is 1. The summed E-state index contributed by atoms with van der Waals surface area (Å²) in [7, 11) is 0. The first kappa shape index (κ1) is 11.4. The molecule has 2 rings (SSSR count). The lowest BCUT2D eigenvalue weighted by molar-refractivity contribution is -0.941. The van der Waals surface area contributed by atoms with Crippen LogP contribution in [0.5, 0.6) is 0 Å². The summed E-state index contributed by atoms with van der Waals surface area (Å²) in [6.45, 7) is 1.50. The van der Waals surface area contributed by atoms with Crippen LogP contribution < -0.4 is 15.3 Å². The second kappa shape index (κ2) is 4.82. The summed E-state index contributed by atoms with van der Waals surface area (Å²) < 4.78 is 0. The molecular weight excluding hydrogens is 208 g/mol. The van der Waals surface area contributed by atoms with E-state index in [1.807, 2.05) is 0 Å². The summed E-state index contributed by atoms with van der Waals surface area (Å²) in [5.41, 5.74) is 0. The number of amides is 1. The molecule has 0 aromatic heterocycles. The van der Waals surface area contributed by atoms with Crippen LogP contribution in [0.1, 0.15) is 32.1 Å². The van der Waals surface area contributed by atoms with Gasteiger partial charge in [0.05, 0.1) is 19.1 Å². The van der Waals surface area contributed by atoms with E-state index < -0.39 is 12.0 Å². The van der Waals surface area contributed by atoms with E-state index in [0.717, 1.165) is 24.3 Å². The number of carboxylic acid groups (broad SMARTS) is 1. The van der Waals surface area contributed by atoms with E-state index in [2.05, 4.69) is 5.32 Å². The molecule has 2 fully saturated rings. The van der Waals surface area contributed by atoms with E-state index >= 15 is 0 Å². The van der Waals surface area contributed by atoms with Crippen molar-refractivity contribution >= 4 is 11.9 Å². The molecule has 0 bridgehead atoms.